The van der Waals surface area contributed by atoms with Crippen molar-refractivity contribution in [2.24, 2.45) is 0 Å². The van der Waals surface area contributed by atoms with Crippen LogP contribution in [0.15, 0.2) is 77.7 Å². The SMILES string of the molecule is O=c1cc(OCc2ccc(F)cc2)ccn1-c1ccc2nc(CO)ccc2c1. The van der Waals surface area contributed by atoms with Crippen LogP contribution in [0, 0.1) is 5.82 Å². The molecule has 0 saturated carbocycles. The van der Waals surface area contributed by atoms with E-state index < -0.39 is 0 Å². The fourth-order valence-corrected chi connectivity index (χ4v) is 2.90. The number of hydrogen-bond donors (Lipinski definition) is 1. The van der Waals surface area contributed by atoms with E-state index in [1.54, 1.807) is 36.5 Å². The number of benzene rings is 2. The third-order valence-corrected chi connectivity index (χ3v) is 4.38. The average molecular weight is 376 g/mol. The molecular formula is C22H17FN2O3. The summed E-state index contributed by atoms with van der Waals surface area (Å²) in [6.07, 6.45) is 1.65. The maximum atomic E-state index is 12.9. The first-order chi connectivity index (χ1) is 13.6. The Morgan fingerprint density at radius 2 is 1.82 bits per heavy atom. The minimum atomic E-state index is -0.301. The summed E-state index contributed by atoms with van der Waals surface area (Å²) in [7, 11) is 0. The molecule has 2 aromatic heterocycles. The summed E-state index contributed by atoms with van der Waals surface area (Å²) in [4.78, 5) is 16.9. The van der Waals surface area contributed by atoms with Gasteiger partial charge < -0.3 is 9.84 Å². The number of fused-ring (bicyclic) bond motifs is 1. The standard InChI is InChI=1S/C22H17FN2O3/c23-17-4-1-15(2-5-17)14-28-20-9-10-25(22(27)12-20)19-7-8-21-16(11-19)3-6-18(13-26)24-21/h1-12,26H,13-14H2. The molecule has 1 N–H and O–H groups in total. The van der Waals surface area contributed by atoms with Crippen molar-refractivity contribution >= 4 is 10.9 Å². The average Bonchev–Trinajstić information content (AvgIpc) is 2.72. The van der Waals surface area contributed by atoms with Gasteiger partial charge >= 0.3 is 0 Å². The van der Waals surface area contributed by atoms with E-state index in [4.69, 9.17) is 4.74 Å². The van der Waals surface area contributed by atoms with E-state index in [1.165, 1.54) is 22.8 Å². The number of aromatic nitrogens is 2. The highest BCUT2D eigenvalue weighted by Crippen LogP contribution is 2.18. The monoisotopic (exact) mass is 376 g/mol. The molecule has 0 unspecified atom stereocenters. The Kier molecular flexibility index (Phi) is 4.87. The fraction of sp³-hybridized carbons (Fsp3) is 0.0909. The first-order valence-corrected chi connectivity index (χ1v) is 8.73. The van der Waals surface area contributed by atoms with Crippen LogP contribution in [-0.4, -0.2) is 14.7 Å². The third-order valence-electron chi connectivity index (χ3n) is 4.38. The van der Waals surface area contributed by atoms with Crippen molar-refractivity contribution in [3.8, 4) is 11.4 Å². The van der Waals surface area contributed by atoms with E-state index in [-0.39, 0.29) is 24.6 Å². The molecule has 0 saturated heterocycles. The fourth-order valence-electron chi connectivity index (χ4n) is 2.90. The highest BCUT2D eigenvalue weighted by Gasteiger charge is 2.05. The van der Waals surface area contributed by atoms with Crippen molar-refractivity contribution in [3.63, 3.8) is 0 Å². The molecule has 0 atom stereocenters. The van der Waals surface area contributed by atoms with Crippen LogP contribution < -0.4 is 10.3 Å². The molecule has 0 aliphatic heterocycles. The lowest BCUT2D eigenvalue weighted by Crippen LogP contribution is -2.16. The zero-order chi connectivity index (χ0) is 19.5. The number of aliphatic hydroxyl groups is 1. The van der Waals surface area contributed by atoms with Crippen molar-refractivity contribution in [2.75, 3.05) is 0 Å². The number of pyridine rings is 2. The number of hydrogen-bond acceptors (Lipinski definition) is 4. The summed E-state index contributed by atoms with van der Waals surface area (Å²) in [5.41, 5.74) is 2.65. The second kappa shape index (κ2) is 7.62. The maximum absolute atomic E-state index is 12.9. The van der Waals surface area contributed by atoms with Gasteiger partial charge in [-0.25, -0.2) is 4.39 Å². The molecule has 4 rings (SSSR count). The predicted octanol–water partition coefficient (Wildman–Crippen LogP) is 3.60. The molecule has 2 aromatic carbocycles. The van der Waals surface area contributed by atoms with E-state index in [2.05, 4.69) is 4.98 Å². The molecule has 0 spiro atoms. The van der Waals surface area contributed by atoms with Crippen molar-refractivity contribution in [3.05, 3.63) is 100 Å². The lowest BCUT2D eigenvalue weighted by atomic mass is 10.2. The summed E-state index contributed by atoms with van der Waals surface area (Å²) in [6.45, 7) is 0.134. The summed E-state index contributed by atoms with van der Waals surface area (Å²) in [6, 6.07) is 18.2. The Balaban J connectivity index is 1.56. The van der Waals surface area contributed by atoms with Gasteiger partial charge in [0.05, 0.1) is 17.8 Å². The number of halogens is 1. The van der Waals surface area contributed by atoms with Gasteiger partial charge in [0.15, 0.2) is 0 Å². The Morgan fingerprint density at radius 1 is 1.00 bits per heavy atom. The minimum Gasteiger partial charge on any atom is -0.489 e. The Hall–Kier alpha value is -3.51. The van der Waals surface area contributed by atoms with E-state index in [1.807, 2.05) is 18.2 Å². The molecular weight excluding hydrogens is 359 g/mol. The van der Waals surface area contributed by atoms with Crippen LogP contribution in [-0.2, 0) is 13.2 Å². The summed E-state index contributed by atoms with van der Waals surface area (Å²) in [5.74, 6) is 0.144. The zero-order valence-corrected chi connectivity index (χ0v) is 14.9. The van der Waals surface area contributed by atoms with Crippen LogP contribution in [0.4, 0.5) is 4.39 Å². The lowest BCUT2D eigenvalue weighted by Gasteiger charge is -2.10. The molecule has 0 radical (unpaired) electrons. The Labute approximate surface area is 160 Å². The molecule has 0 aliphatic carbocycles. The van der Waals surface area contributed by atoms with Gasteiger partial charge in [0.25, 0.3) is 5.56 Å². The van der Waals surface area contributed by atoms with Gasteiger partial charge in [0.1, 0.15) is 18.2 Å². The van der Waals surface area contributed by atoms with E-state index in [9.17, 15) is 14.3 Å². The first kappa shape index (κ1) is 17.9. The second-order valence-corrected chi connectivity index (χ2v) is 6.32. The number of rotatable bonds is 5. The smallest absolute Gasteiger partial charge is 0.258 e. The van der Waals surface area contributed by atoms with Crippen LogP contribution in [0.2, 0.25) is 0 Å². The molecule has 0 bridgehead atoms. The van der Waals surface area contributed by atoms with Gasteiger partial charge in [-0.3, -0.25) is 14.3 Å². The van der Waals surface area contributed by atoms with Crippen LogP contribution in [0.1, 0.15) is 11.3 Å². The normalized spacial score (nSPS) is 10.9. The van der Waals surface area contributed by atoms with Crippen LogP contribution in [0.3, 0.4) is 0 Å². The second-order valence-electron chi connectivity index (χ2n) is 6.32. The van der Waals surface area contributed by atoms with E-state index in [0.717, 1.165) is 16.5 Å². The van der Waals surface area contributed by atoms with Gasteiger partial charge in [0, 0.05) is 23.3 Å². The molecule has 0 aliphatic rings. The maximum Gasteiger partial charge on any atom is 0.258 e. The molecule has 140 valence electrons. The van der Waals surface area contributed by atoms with Crippen molar-refractivity contribution in [1.29, 1.82) is 0 Å². The van der Waals surface area contributed by atoms with Gasteiger partial charge in [-0.1, -0.05) is 18.2 Å². The number of aliphatic hydroxyl groups excluding tert-OH is 1. The van der Waals surface area contributed by atoms with Crippen LogP contribution in [0.5, 0.6) is 5.75 Å². The summed E-state index contributed by atoms with van der Waals surface area (Å²) in [5, 5.41) is 10.1. The largest absolute Gasteiger partial charge is 0.489 e. The first-order valence-electron chi connectivity index (χ1n) is 8.73. The van der Waals surface area contributed by atoms with Crippen molar-refractivity contribution in [1.82, 2.24) is 9.55 Å². The summed E-state index contributed by atoms with van der Waals surface area (Å²) >= 11 is 0. The molecule has 6 heteroatoms. The van der Waals surface area contributed by atoms with Crippen molar-refractivity contribution in [2.45, 2.75) is 13.2 Å². The van der Waals surface area contributed by atoms with E-state index >= 15 is 0 Å². The summed E-state index contributed by atoms with van der Waals surface area (Å²) < 4.78 is 20.1. The predicted molar refractivity (Wildman–Crippen MR) is 104 cm³/mol. The topological polar surface area (TPSA) is 64.4 Å². The highest BCUT2D eigenvalue weighted by atomic mass is 19.1. The molecule has 0 amide bonds. The molecule has 4 aromatic rings. The van der Waals surface area contributed by atoms with Crippen LogP contribution in [0.25, 0.3) is 16.6 Å². The van der Waals surface area contributed by atoms with Gasteiger partial charge in [-0.15, -0.1) is 0 Å². The van der Waals surface area contributed by atoms with Crippen molar-refractivity contribution < 1.29 is 14.2 Å². The number of ether oxygens (including phenoxy) is 1. The van der Waals surface area contributed by atoms with Gasteiger partial charge in [-0.2, -0.15) is 0 Å². The molecule has 0 fully saturated rings. The van der Waals surface area contributed by atoms with Gasteiger partial charge in [0.2, 0.25) is 0 Å². The Morgan fingerprint density at radius 3 is 2.57 bits per heavy atom. The highest BCUT2D eigenvalue weighted by molar-refractivity contribution is 5.81. The Bertz CT molecular complexity index is 1190. The quantitative estimate of drug-likeness (QED) is 0.578. The third kappa shape index (κ3) is 3.77. The van der Waals surface area contributed by atoms with Gasteiger partial charge in [-0.05, 0) is 48.0 Å². The number of nitrogens with zero attached hydrogens (tertiary/aromatic N) is 2. The molecule has 5 nitrogen and oxygen atoms in total. The molecule has 2 heterocycles. The minimum absolute atomic E-state index is 0.115. The van der Waals surface area contributed by atoms with E-state index in [0.29, 0.717) is 17.1 Å². The molecule has 28 heavy (non-hydrogen) atoms. The van der Waals surface area contributed by atoms with Crippen LogP contribution >= 0.6 is 0 Å². The lowest BCUT2D eigenvalue weighted by molar-refractivity contribution is 0.277. The zero-order valence-electron chi connectivity index (χ0n) is 14.9.